The Kier molecular flexibility index (Phi) is 5.58. The first-order valence-electron chi connectivity index (χ1n) is 6.72. The van der Waals surface area contributed by atoms with Crippen LogP contribution in [0, 0.1) is 5.41 Å². The molecule has 1 saturated heterocycles. The number of rotatable bonds is 7. The van der Waals surface area contributed by atoms with E-state index in [0.29, 0.717) is 19.6 Å². The van der Waals surface area contributed by atoms with Gasteiger partial charge in [-0.15, -0.1) is 0 Å². The summed E-state index contributed by atoms with van der Waals surface area (Å²) in [5.74, 6) is 0. The Hall–Kier alpha value is -0.170. The van der Waals surface area contributed by atoms with Gasteiger partial charge in [-0.1, -0.05) is 20.8 Å². The lowest BCUT2D eigenvalue weighted by Crippen LogP contribution is -2.42. The van der Waals surface area contributed by atoms with Crippen molar-refractivity contribution < 1.29 is 8.42 Å². The van der Waals surface area contributed by atoms with Crippen molar-refractivity contribution in [3.8, 4) is 0 Å². The molecule has 6 heteroatoms. The van der Waals surface area contributed by atoms with Crippen LogP contribution in [0.3, 0.4) is 0 Å². The van der Waals surface area contributed by atoms with Gasteiger partial charge in [-0.05, 0) is 31.3 Å². The van der Waals surface area contributed by atoms with Crippen molar-refractivity contribution in [2.45, 2.75) is 33.6 Å². The maximum absolute atomic E-state index is 12.3. The molecular weight excluding hydrogens is 250 g/mol. The van der Waals surface area contributed by atoms with E-state index in [9.17, 15) is 8.42 Å². The van der Waals surface area contributed by atoms with Crippen molar-refractivity contribution in [1.82, 2.24) is 13.9 Å². The summed E-state index contributed by atoms with van der Waals surface area (Å²) in [4.78, 5) is 0. The fourth-order valence-corrected chi connectivity index (χ4v) is 3.76. The van der Waals surface area contributed by atoms with Gasteiger partial charge >= 0.3 is 0 Å². The zero-order chi connectivity index (χ0) is 13.8. The highest BCUT2D eigenvalue weighted by atomic mass is 32.2. The summed E-state index contributed by atoms with van der Waals surface area (Å²) < 4.78 is 27.7. The average molecular weight is 277 g/mol. The minimum atomic E-state index is -3.26. The molecule has 0 spiro atoms. The molecule has 108 valence electrons. The second-order valence-corrected chi connectivity index (χ2v) is 7.82. The van der Waals surface area contributed by atoms with Crippen LogP contribution in [0.2, 0.25) is 0 Å². The van der Waals surface area contributed by atoms with Gasteiger partial charge < -0.3 is 5.32 Å². The maximum Gasteiger partial charge on any atom is 0.281 e. The van der Waals surface area contributed by atoms with Gasteiger partial charge in [-0.2, -0.15) is 17.0 Å². The lowest BCUT2D eigenvalue weighted by atomic mass is 9.93. The molecule has 0 aromatic rings. The molecule has 18 heavy (non-hydrogen) atoms. The van der Waals surface area contributed by atoms with E-state index in [1.807, 2.05) is 6.92 Å². The molecule has 5 nitrogen and oxygen atoms in total. The molecule has 0 unspecified atom stereocenters. The fourth-order valence-electron chi connectivity index (χ4n) is 2.18. The fraction of sp³-hybridized carbons (Fsp3) is 1.00. The van der Waals surface area contributed by atoms with E-state index in [4.69, 9.17) is 0 Å². The molecule has 1 aliphatic heterocycles. The third kappa shape index (κ3) is 4.19. The highest BCUT2D eigenvalue weighted by Gasteiger charge is 2.37. The molecule has 0 saturated carbocycles. The summed E-state index contributed by atoms with van der Waals surface area (Å²) >= 11 is 0. The Morgan fingerprint density at radius 1 is 1.39 bits per heavy atom. The minimum Gasteiger partial charge on any atom is -0.317 e. The van der Waals surface area contributed by atoms with Crippen molar-refractivity contribution in [3.63, 3.8) is 0 Å². The van der Waals surface area contributed by atoms with Crippen LogP contribution >= 0.6 is 0 Å². The van der Waals surface area contributed by atoms with E-state index in [-0.39, 0.29) is 5.41 Å². The van der Waals surface area contributed by atoms with Gasteiger partial charge in [0.15, 0.2) is 0 Å². The molecule has 0 amide bonds. The van der Waals surface area contributed by atoms with E-state index in [1.54, 1.807) is 11.4 Å². The van der Waals surface area contributed by atoms with Crippen molar-refractivity contribution in [2.24, 2.45) is 5.41 Å². The third-order valence-corrected chi connectivity index (χ3v) is 5.37. The minimum absolute atomic E-state index is 0.109. The molecule has 0 radical (unpaired) electrons. The molecule has 1 fully saturated rings. The van der Waals surface area contributed by atoms with Crippen LogP contribution in [0.15, 0.2) is 0 Å². The van der Waals surface area contributed by atoms with Crippen molar-refractivity contribution in [2.75, 3.05) is 39.8 Å². The molecule has 0 aromatic heterocycles. The van der Waals surface area contributed by atoms with Crippen molar-refractivity contribution >= 4 is 10.2 Å². The summed E-state index contributed by atoms with van der Waals surface area (Å²) in [6.07, 6.45) is 1.79. The first-order chi connectivity index (χ1) is 8.29. The first kappa shape index (κ1) is 15.9. The lowest BCUT2D eigenvalue weighted by Gasteiger charge is -2.25. The summed E-state index contributed by atoms with van der Waals surface area (Å²) in [6.45, 7) is 9.93. The Morgan fingerprint density at radius 3 is 2.56 bits per heavy atom. The summed E-state index contributed by atoms with van der Waals surface area (Å²) in [5.41, 5.74) is 0.109. The van der Waals surface area contributed by atoms with Crippen molar-refractivity contribution in [1.29, 1.82) is 0 Å². The van der Waals surface area contributed by atoms with Gasteiger partial charge in [0, 0.05) is 26.7 Å². The molecule has 1 aliphatic rings. The van der Waals surface area contributed by atoms with E-state index in [1.165, 1.54) is 4.31 Å². The van der Waals surface area contributed by atoms with Crippen LogP contribution in [0.5, 0.6) is 0 Å². The maximum atomic E-state index is 12.3. The van der Waals surface area contributed by atoms with Gasteiger partial charge in [0.2, 0.25) is 0 Å². The lowest BCUT2D eigenvalue weighted by molar-refractivity contribution is 0.350. The van der Waals surface area contributed by atoms with Crippen LogP contribution < -0.4 is 5.32 Å². The zero-order valence-corrected chi connectivity index (χ0v) is 12.9. The molecule has 0 aromatic carbocycles. The number of hydrogen-bond donors (Lipinski definition) is 1. The van der Waals surface area contributed by atoms with Crippen LogP contribution in [-0.4, -0.2) is 56.8 Å². The topological polar surface area (TPSA) is 52.7 Å². The largest absolute Gasteiger partial charge is 0.317 e. The van der Waals surface area contributed by atoms with E-state index >= 15 is 0 Å². The molecule has 1 rings (SSSR count). The third-order valence-electron chi connectivity index (χ3n) is 3.44. The quantitative estimate of drug-likeness (QED) is 0.703. The average Bonchev–Trinajstić information content (AvgIpc) is 2.65. The second kappa shape index (κ2) is 6.32. The highest BCUT2D eigenvalue weighted by molar-refractivity contribution is 7.86. The Bertz CT molecular complexity index is 354. The number of nitrogens with one attached hydrogen (secondary N) is 1. The predicted molar refractivity (Wildman–Crippen MR) is 74.7 cm³/mol. The molecule has 1 heterocycles. The SMILES string of the molecule is CCNCCCN(C)S(=O)(=O)N1CCC(C)(C)C1. The first-order valence-corrected chi connectivity index (χ1v) is 8.11. The van der Waals surface area contributed by atoms with Crippen molar-refractivity contribution in [3.05, 3.63) is 0 Å². The van der Waals surface area contributed by atoms with Crippen LogP contribution in [0.1, 0.15) is 33.6 Å². The smallest absolute Gasteiger partial charge is 0.281 e. The normalized spacial score (nSPS) is 20.7. The van der Waals surface area contributed by atoms with E-state index in [0.717, 1.165) is 25.9 Å². The van der Waals surface area contributed by atoms with Gasteiger partial charge in [0.25, 0.3) is 10.2 Å². The van der Waals surface area contributed by atoms with Gasteiger partial charge in [-0.3, -0.25) is 0 Å². The van der Waals surface area contributed by atoms with Gasteiger partial charge in [-0.25, -0.2) is 0 Å². The molecule has 0 bridgehead atoms. The molecule has 1 N–H and O–H groups in total. The standard InChI is InChI=1S/C12H27N3O2S/c1-5-13-8-6-9-14(4)18(16,17)15-10-7-12(2,3)11-15/h13H,5-11H2,1-4H3. The number of hydrogen-bond acceptors (Lipinski definition) is 3. The molecular formula is C12H27N3O2S. The monoisotopic (exact) mass is 277 g/mol. The highest BCUT2D eigenvalue weighted by Crippen LogP contribution is 2.31. The molecule has 0 atom stereocenters. The van der Waals surface area contributed by atoms with Crippen LogP contribution in [-0.2, 0) is 10.2 Å². The summed E-state index contributed by atoms with van der Waals surface area (Å²) in [5, 5.41) is 3.20. The van der Waals surface area contributed by atoms with Crippen LogP contribution in [0.25, 0.3) is 0 Å². The van der Waals surface area contributed by atoms with E-state index < -0.39 is 10.2 Å². The summed E-state index contributed by atoms with van der Waals surface area (Å²) in [6, 6.07) is 0. The van der Waals surface area contributed by atoms with Gasteiger partial charge in [0.05, 0.1) is 0 Å². The van der Waals surface area contributed by atoms with Crippen LogP contribution in [0.4, 0.5) is 0 Å². The second-order valence-electron chi connectivity index (χ2n) is 5.78. The Labute approximate surface area is 112 Å². The number of nitrogens with zero attached hydrogens (tertiary/aromatic N) is 2. The van der Waals surface area contributed by atoms with Gasteiger partial charge in [0.1, 0.15) is 0 Å². The zero-order valence-electron chi connectivity index (χ0n) is 12.1. The summed E-state index contributed by atoms with van der Waals surface area (Å²) in [7, 11) is -1.58. The van der Waals surface area contributed by atoms with E-state index in [2.05, 4.69) is 19.2 Å². The Balaban J connectivity index is 2.48. The molecule has 0 aliphatic carbocycles. The predicted octanol–water partition coefficient (Wildman–Crippen LogP) is 0.895. The Morgan fingerprint density at radius 2 is 2.06 bits per heavy atom.